The van der Waals surface area contributed by atoms with Crippen LogP contribution >= 0.6 is 0 Å². The van der Waals surface area contributed by atoms with Gasteiger partial charge < -0.3 is 10.6 Å². The van der Waals surface area contributed by atoms with Crippen molar-refractivity contribution < 1.29 is 4.79 Å². The van der Waals surface area contributed by atoms with Crippen LogP contribution in [0.3, 0.4) is 0 Å². The molecule has 1 aliphatic carbocycles. The van der Waals surface area contributed by atoms with Crippen LogP contribution in [0, 0.1) is 17.2 Å². The van der Waals surface area contributed by atoms with Crippen LogP contribution in [-0.2, 0) is 4.79 Å². The first-order chi connectivity index (χ1) is 7.74. The van der Waals surface area contributed by atoms with Crippen molar-refractivity contribution in [2.45, 2.75) is 44.1 Å². The fourth-order valence-electron chi connectivity index (χ4n) is 3.33. The summed E-state index contributed by atoms with van der Waals surface area (Å²) in [6.07, 6.45) is 6.33. The Kier molecular flexibility index (Phi) is 3.15. The first-order valence-corrected chi connectivity index (χ1v) is 6.16. The van der Waals surface area contributed by atoms with Crippen LogP contribution in [0.5, 0.6) is 0 Å². The van der Waals surface area contributed by atoms with Gasteiger partial charge in [-0.15, -0.1) is 0 Å². The summed E-state index contributed by atoms with van der Waals surface area (Å²) in [4.78, 5) is 13.5. The molecule has 2 fully saturated rings. The molecule has 4 heteroatoms. The van der Waals surface area contributed by atoms with Gasteiger partial charge in [-0.2, -0.15) is 5.26 Å². The minimum Gasteiger partial charge on any atom is -0.323 e. The van der Waals surface area contributed by atoms with E-state index in [0.29, 0.717) is 12.5 Å². The zero-order chi connectivity index (χ0) is 11.6. The van der Waals surface area contributed by atoms with Gasteiger partial charge in [0, 0.05) is 6.54 Å². The fraction of sp³-hybridized carbons (Fsp3) is 0.833. The first-order valence-electron chi connectivity index (χ1n) is 6.16. The lowest BCUT2D eigenvalue weighted by molar-refractivity contribution is -0.133. The van der Waals surface area contributed by atoms with Crippen LogP contribution in [0.15, 0.2) is 0 Å². The van der Waals surface area contributed by atoms with E-state index in [-0.39, 0.29) is 12.5 Å². The number of hydrogen-bond donors (Lipinski definition) is 1. The molecule has 0 aromatic heterocycles. The highest BCUT2D eigenvalue weighted by atomic mass is 16.2. The van der Waals surface area contributed by atoms with Crippen molar-refractivity contribution in [3.05, 3.63) is 0 Å². The zero-order valence-corrected chi connectivity index (χ0v) is 9.61. The van der Waals surface area contributed by atoms with Crippen molar-refractivity contribution >= 4 is 5.91 Å². The average molecular weight is 221 g/mol. The number of likely N-dealkylation sites (tertiary alicyclic amines) is 1. The molecule has 1 saturated heterocycles. The molecule has 4 nitrogen and oxygen atoms in total. The molecule has 0 spiro atoms. The van der Waals surface area contributed by atoms with Crippen molar-refractivity contribution in [2.75, 3.05) is 13.1 Å². The first kappa shape index (κ1) is 11.4. The predicted molar refractivity (Wildman–Crippen MR) is 60.3 cm³/mol. The molecule has 2 N–H and O–H groups in total. The second-order valence-electron chi connectivity index (χ2n) is 4.87. The van der Waals surface area contributed by atoms with E-state index in [1.807, 2.05) is 0 Å². The quantitative estimate of drug-likeness (QED) is 0.756. The summed E-state index contributed by atoms with van der Waals surface area (Å²) in [7, 11) is 0. The molecule has 0 unspecified atom stereocenters. The molecule has 2 rings (SSSR count). The molecule has 1 heterocycles. The number of carbonyl (C=O) groups excluding carboxylic acids is 1. The van der Waals surface area contributed by atoms with E-state index in [4.69, 9.17) is 5.73 Å². The standard InChI is InChI=1S/C12H19N3O/c13-8-11(16)15-7-3-6-12(15,9-14)10-4-1-2-5-10/h10H,1-8,13H2/t12-/m0/s1. The van der Waals surface area contributed by atoms with Gasteiger partial charge >= 0.3 is 0 Å². The maximum Gasteiger partial charge on any atom is 0.237 e. The van der Waals surface area contributed by atoms with Gasteiger partial charge in [0.25, 0.3) is 0 Å². The van der Waals surface area contributed by atoms with Gasteiger partial charge in [0.2, 0.25) is 5.91 Å². The number of hydrogen-bond acceptors (Lipinski definition) is 3. The topological polar surface area (TPSA) is 70.1 Å². The molecule has 1 atom stereocenters. The van der Waals surface area contributed by atoms with Gasteiger partial charge in [0.05, 0.1) is 12.6 Å². The number of rotatable bonds is 2. The monoisotopic (exact) mass is 221 g/mol. The average Bonchev–Trinajstić information content (AvgIpc) is 2.96. The number of nitrogens with zero attached hydrogens (tertiary/aromatic N) is 2. The van der Waals surface area contributed by atoms with Gasteiger partial charge in [-0.3, -0.25) is 4.79 Å². The van der Waals surface area contributed by atoms with E-state index in [2.05, 4.69) is 6.07 Å². The molecule has 88 valence electrons. The van der Waals surface area contributed by atoms with Crippen LogP contribution in [-0.4, -0.2) is 29.4 Å². The van der Waals surface area contributed by atoms with Gasteiger partial charge in [-0.05, 0) is 31.6 Å². The third-order valence-electron chi connectivity index (χ3n) is 4.12. The van der Waals surface area contributed by atoms with Crippen LogP contribution in [0.1, 0.15) is 38.5 Å². The Morgan fingerprint density at radius 2 is 2.12 bits per heavy atom. The lowest BCUT2D eigenvalue weighted by Gasteiger charge is -2.37. The second kappa shape index (κ2) is 4.42. The van der Waals surface area contributed by atoms with Gasteiger partial charge in [-0.1, -0.05) is 12.8 Å². The largest absolute Gasteiger partial charge is 0.323 e. The van der Waals surface area contributed by atoms with Gasteiger partial charge in [0.1, 0.15) is 5.54 Å². The molecular weight excluding hydrogens is 202 g/mol. The molecule has 1 amide bonds. The van der Waals surface area contributed by atoms with Crippen molar-refractivity contribution in [1.29, 1.82) is 5.26 Å². The highest BCUT2D eigenvalue weighted by molar-refractivity contribution is 5.79. The summed E-state index contributed by atoms with van der Waals surface area (Å²) in [5, 5.41) is 9.51. The predicted octanol–water partition coefficient (Wildman–Crippen LogP) is 1.02. The van der Waals surface area contributed by atoms with E-state index in [1.54, 1.807) is 4.90 Å². The fourth-order valence-corrected chi connectivity index (χ4v) is 3.33. The van der Waals surface area contributed by atoms with E-state index in [9.17, 15) is 10.1 Å². The second-order valence-corrected chi connectivity index (χ2v) is 4.87. The maximum atomic E-state index is 11.8. The molecule has 2 aliphatic rings. The summed E-state index contributed by atoms with van der Waals surface area (Å²) < 4.78 is 0. The van der Waals surface area contributed by atoms with Crippen molar-refractivity contribution in [1.82, 2.24) is 4.90 Å². The molecule has 16 heavy (non-hydrogen) atoms. The highest BCUT2D eigenvalue weighted by Gasteiger charge is 2.49. The molecule has 1 saturated carbocycles. The van der Waals surface area contributed by atoms with Crippen LogP contribution in [0.2, 0.25) is 0 Å². The highest BCUT2D eigenvalue weighted by Crippen LogP contribution is 2.43. The smallest absolute Gasteiger partial charge is 0.237 e. The Balaban J connectivity index is 2.24. The third kappa shape index (κ3) is 1.60. The van der Waals surface area contributed by atoms with Gasteiger partial charge in [0.15, 0.2) is 0 Å². The molecule has 0 radical (unpaired) electrons. The molecular formula is C12H19N3O. The Morgan fingerprint density at radius 3 is 2.69 bits per heavy atom. The molecule has 0 bridgehead atoms. The van der Waals surface area contributed by atoms with Crippen molar-refractivity contribution in [3.63, 3.8) is 0 Å². The molecule has 1 aliphatic heterocycles. The van der Waals surface area contributed by atoms with E-state index in [0.717, 1.165) is 25.7 Å². The van der Waals surface area contributed by atoms with Crippen molar-refractivity contribution in [2.24, 2.45) is 11.7 Å². The molecule has 0 aromatic carbocycles. The Bertz CT molecular complexity index is 317. The van der Waals surface area contributed by atoms with E-state index < -0.39 is 5.54 Å². The summed E-state index contributed by atoms with van der Waals surface area (Å²) in [6.45, 7) is 0.732. The lowest BCUT2D eigenvalue weighted by atomic mass is 9.81. The van der Waals surface area contributed by atoms with Gasteiger partial charge in [-0.25, -0.2) is 0 Å². The van der Waals surface area contributed by atoms with Crippen LogP contribution < -0.4 is 5.73 Å². The van der Waals surface area contributed by atoms with Crippen LogP contribution in [0.4, 0.5) is 0 Å². The Hall–Kier alpha value is -1.08. The minimum absolute atomic E-state index is 0.0240. The minimum atomic E-state index is -0.535. The summed E-state index contributed by atoms with van der Waals surface area (Å²) in [6, 6.07) is 2.43. The summed E-state index contributed by atoms with van der Waals surface area (Å²) in [5.41, 5.74) is 4.89. The van der Waals surface area contributed by atoms with Crippen LogP contribution in [0.25, 0.3) is 0 Å². The lowest BCUT2D eigenvalue weighted by Crippen LogP contribution is -2.52. The zero-order valence-electron chi connectivity index (χ0n) is 9.61. The number of nitrogens with two attached hydrogens (primary N) is 1. The molecule has 0 aromatic rings. The number of carbonyl (C=O) groups is 1. The Morgan fingerprint density at radius 1 is 1.44 bits per heavy atom. The van der Waals surface area contributed by atoms with E-state index in [1.165, 1.54) is 12.8 Å². The normalized spacial score (nSPS) is 30.6. The maximum absolute atomic E-state index is 11.8. The Labute approximate surface area is 96.4 Å². The SMILES string of the molecule is N#C[C@]1(C2CCCC2)CCCN1C(=O)CN. The number of nitriles is 1. The van der Waals surface area contributed by atoms with Crippen molar-refractivity contribution in [3.8, 4) is 6.07 Å². The summed E-state index contributed by atoms with van der Waals surface area (Å²) in [5.74, 6) is 0.307. The van der Waals surface area contributed by atoms with E-state index >= 15 is 0 Å². The number of amides is 1. The summed E-state index contributed by atoms with van der Waals surface area (Å²) >= 11 is 0. The third-order valence-corrected chi connectivity index (χ3v) is 4.12.